The summed E-state index contributed by atoms with van der Waals surface area (Å²) in [5.74, 6) is -2.09. The number of amides is 1. The number of hydrogen-bond donors (Lipinski definition) is 2. The van der Waals surface area contributed by atoms with Crippen molar-refractivity contribution in [2.75, 3.05) is 0 Å². The highest BCUT2D eigenvalue weighted by Crippen LogP contribution is 2.45. The van der Waals surface area contributed by atoms with Crippen LogP contribution in [0.25, 0.3) is 0 Å². The lowest BCUT2D eigenvalue weighted by atomic mass is 9.91. The molecule has 1 unspecified atom stereocenters. The number of pyridine rings is 1. The Bertz CT molecular complexity index is 822. The van der Waals surface area contributed by atoms with E-state index in [1.807, 2.05) is 0 Å². The van der Waals surface area contributed by atoms with Crippen molar-refractivity contribution in [2.45, 2.75) is 37.3 Å². The third-order valence-electron chi connectivity index (χ3n) is 4.35. The van der Waals surface area contributed by atoms with Gasteiger partial charge in [-0.1, -0.05) is 23.7 Å². The Kier molecular flexibility index (Phi) is 4.51. The van der Waals surface area contributed by atoms with Crippen molar-refractivity contribution in [3.8, 4) is 0 Å². The van der Waals surface area contributed by atoms with Crippen molar-refractivity contribution in [2.24, 2.45) is 0 Å². The van der Waals surface area contributed by atoms with Gasteiger partial charge in [-0.15, -0.1) is 0 Å². The third-order valence-corrected chi connectivity index (χ3v) is 4.56. The zero-order chi connectivity index (χ0) is 18.2. The van der Waals surface area contributed by atoms with E-state index in [9.17, 15) is 18.7 Å². The summed E-state index contributed by atoms with van der Waals surface area (Å²) in [5.41, 5.74) is -1.84. The van der Waals surface area contributed by atoms with Gasteiger partial charge >= 0.3 is 0 Å². The normalized spacial score (nSPS) is 17.6. The number of rotatable bonds is 5. The standard InChI is InChI=1S/C18H17ClF2N2O2/c1-17(25,12-6-5-11(20)9-13(12)21)10-16(24)23-18(7-8-18)14-3-2-4-15(19)22-14/h2-6,9,25H,7-8,10H2,1H3,(H,23,24). The Labute approximate surface area is 148 Å². The average Bonchev–Trinajstić information content (AvgIpc) is 3.26. The Morgan fingerprint density at radius 1 is 1.36 bits per heavy atom. The van der Waals surface area contributed by atoms with Crippen LogP contribution < -0.4 is 5.32 Å². The number of aromatic nitrogens is 1. The predicted octanol–water partition coefficient (Wildman–Crippen LogP) is 3.42. The van der Waals surface area contributed by atoms with Gasteiger partial charge in [0, 0.05) is 11.6 Å². The van der Waals surface area contributed by atoms with E-state index in [0.717, 1.165) is 12.1 Å². The lowest BCUT2D eigenvalue weighted by Gasteiger charge is -2.25. The monoisotopic (exact) mass is 366 g/mol. The first kappa shape index (κ1) is 17.8. The van der Waals surface area contributed by atoms with Crippen LogP contribution in [-0.2, 0) is 15.9 Å². The molecule has 0 aliphatic heterocycles. The topological polar surface area (TPSA) is 62.2 Å². The van der Waals surface area contributed by atoms with Crippen LogP contribution in [0, 0.1) is 11.6 Å². The van der Waals surface area contributed by atoms with Gasteiger partial charge in [0.15, 0.2) is 0 Å². The highest BCUT2D eigenvalue weighted by atomic mass is 35.5. The Balaban J connectivity index is 1.74. The first-order valence-corrected chi connectivity index (χ1v) is 8.22. The van der Waals surface area contributed by atoms with Crippen molar-refractivity contribution in [1.29, 1.82) is 0 Å². The summed E-state index contributed by atoms with van der Waals surface area (Å²) in [6.07, 6.45) is 1.05. The van der Waals surface area contributed by atoms with E-state index in [2.05, 4.69) is 10.3 Å². The first-order chi connectivity index (χ1) is 11.7. The Morgan fingerprint density at radius 2 is 2.08 bits per heavy atom. The van der Waals surface area contributed by atoms with Gasteiger partial charge in [-0.05, 0) is 38.0 Å². The highest BCUT2D eigenvalue weighted by Gasteiger charge is 2.47. The molecule has 0 spiro atoms. The van der Waals surface area contributed by atoms with E-state index < -0.39 is 28.7 Å². The molecule has 1 aromatic heterocycles. The zero-order valence-corrected chi connectivity index (χ0v) is 14.3. The molecule has 2 N–H and O–H groups in total. The van der Waals surface area contributed by atoms with Crippen molar-refractivity contribution < 1.29 is 18.7 Å². The molecule has 25 heavy (non-hydrogen) atoms. The SMILES string of the molecule is CC(O)(CC(=O)NC1(c2cccc(Cl)n2)CC1)c1ccc(F)cc1F. The van der Waals surface area contributed by atoms with Crippen LogP contribution in [0.3, 0.4) is 0 Å². The number of benzene rings is 1. The second-order valence-corrected chi connectivity index (χ2v) is 6.94. The Morgan fingerprint density at radius 3 is 2.68 bits per heavy atom. The van der Waals surface area contributed by atoms with Crippen molar-refractivity contribution >= 4 is 17.5 Å². The summed E-state index contributed by atoms with van der Waals surface area (Å²) < 4.78 is 26.9. The molecule has 132 valence electrons. The summed E-state index contributed by atoms with van der Waals surface area (Å²) in [4.78, 5) is 16.6. The van der Waals surface area contributed by atoms with Crippen LogP contribution >= 0.6 is 11.6 Å². The van der Waals surface area contributed by atoms with Crippen LogP contribution in [0.5, 0.6) is 0 Å². The summed E-state index contributed by atoms with van der Waals surface area (Å²) in [7, 11) is 0. The summed E-state index contributed by atoms with van der Waals surface area (Å²) in [5, 5.41) is 13.7. The van der Waals surface area contributed by atoms with Crippen LogP contribution in [0.4, 0.5) is 8.78 Å². The van der Waals surface area contributed by atoms with Gasteiger partial charge in [-0.25, -0.2) is 13.8 Å². The zero-order valence-electron chi connectivity index (χ0n) is 13.5. The quantitative estimate of drug-likeness (QED) is 0.797. The fraction of sp³-hybridized carbons (Fsp3) is 0.333. The van der Waals surface area contributed by atoms with Crippen molar-refractivity contribution in [1.82, 2.24) is 10.3 Å². The molecule has 4 nitrogen and oxygen atoms in total. The minimum Gasteiger partial charge on any atom is -0.385 e. The van der Waals surface area contributed by atoms with Gasteiger partial charge in [-0.3, -0.25) is 4.79 Å². The van der Waals surface area contributed by atoms with Gasteiger partial charge in [-0.2, -0.15) is 0 Å². The second kappa shape index (κ2) is 6.35. The lowest BCUT2D eigenvalue weighted by molar-refractivity contribution is -0.127. The van der Waals surface area contributed by atoms with Gasteiger partial charge in [0.05, 0.1) is 23.3 Å². The number of nitrogens with zero attached hydrogens (tertiary/aromatic N) is 1. The number of aliphatic hydroxyl groups is 1. The maximum Gasteiger partial charge on any atom is 0.223 e. The van der Waals surface area contributed by atoms with E-state index in [4.69, 9.17) is 11.6 Å². The smallest absolute Gasteiger partial charge is 0.223 e. The molecule has 1 amide bonds. The predicted molar refractivity (Wildman–Crippen MR) is 88.8 cm³/mol. The molecule has 2 aromatic rings. The molecule has 0 bridgehead atoms. The highest BCUT2D eigenvalue weighted by molar-refractivity contribution is 6.29. The van der Waals surface area contributed by atoms with Gasteiger partial charge in [0.25, 0.3) is 0 Å². The number of carbonyl (C=O) groups is 1. The van der Waals surface area contributed by atoms with E-state index in [-0.39, 0.29) is 12.0 Å². The number of nitrogens with one attached hydrogen (secondary N) is 1. The van der Waals surface area contributed by atoms with Crippen LogP contribution in [0.1, 0.15) is 37.4 Å². The number of carbonyl (C=O) groups excluding carboxylic acids is 1. The molecule has 3 rings (SSSR count). The van der Waals surface area contributed by atoms with Gasteiger partial charge < -0.3 is 10.4 Å². The molecule has 1 aliphatic carbocycles. The van der Waals surface area contributed by atoms with Crippen LogP contribution in [0.2, 0.25) is 5.15 Å². The number of hydrogen-bond acceptors (Lipinski definition) is 3. The molecule has 1 saturated carbocycles. The fourth-order valence-corrected chi connectivity index (χ4v) is 3.05. The summed E-state index contributed by atoms with van der Waals surface area (Å²) in [6.45, 7) is 1.32. The maximum absolute atomic E-state index is 13.9. The largest absolute Gasteiger partial charge is 0.385 e. The Hall–Kier alpha value is -2.05. The molecule has 1 heterocycles. The number of halogens is 3. The van der Waals surface area contributed by atoms with E-state index in [1.54, 1.807) is 18.2 Å². The molecular formula is C18H17ClF2N2O2. The summed E-state index contributed by atoms with van der Waals surface area (Å²) >= 11 is 5.90. The minimum absolute atomic E-state index is 0.130. The summed E-state index contributed by atoms with van der Waals surface area (Å²) in [6, 6.07) is 8.04. The molecule has 1 atom stereocenters. The molecule has 1 fully saturated rings. The fourth-order valence-electron chi connectivity index (χ4n) is 2.89. The van der Waals surface area contributed by atoms with Gasteiger partial charge in [0.2, 0.25) is 5.91 Å². The van der Waals surface area contributed by atoms with Crippen LogP contribution in [-0.4, -0.2) is 16.0 Å². The van der Waals surface area contributed by atoms with Crippen LogP contribution in [0.15, 0.2) is 36.4 Å². The molecule has 7 heteroatoms. The molecule has 0 radical (unpaired) electrons. The third kappa shape index (κ3) is 3.80. The molecular weight excluding hydrogens is 350 g/mol. The van der Waals surface area contributed by atoms with E-state index in [1.165, 1.54) is 6.92 Å². The maximum atomic E-state index is 13.9. The van der Waals surface area contributed by atoms with Crippen molar-refractivity contribution in [3.05, 3.63) is 64.4 Å². The molecule has 0 saturated heterocycles. The van der Waals surface area contributed by atoms with E-state index >= 15 is 0 Å². The second-order valence-electron chi connectivity index (χ2n) is 6.55. The van der Waals surface area contributed by atoms with E-state index in [0.29, 0.717) is 29.8 Å². The molecule has 1 aliphatic rings. The van der Waals surface area contributed by atoms with Gasteiger partial charge in [0.1, 0.15) is 16.8 Å². The first-order valence-electron chi connectivity index (χ1n) is 7.84. The lowest BCUT2D eigenvalue weighted by Crippen LogP contribution is -2.39. The molecule has 1 aromatic carbocycles. The minimum atomic E-state index is -1.76. The van der Waals surface area contributed by atoms with Crippen molar-refractivity contribution in [3.63, 3.8) is 0 Å². The average molecular weight is 367 g/mol.